The molecule has 0 bridgehead atoms. The Hall–Kier alpha value is -1.73. The van der Waals surface area contributed by atoms with Gasteiger partial charge in [0.15, 0.2) is 0 Å². The minimum Gasteiger partial charge on any atom is -0.383 e. The topological polar surface area (TPSA) is 78.4 Å². The largest absolute Gasteiger partial charge is 0.383 e. The molecule has 23 heavy (non-hydrogen) atoms. The highest BCUT2D eigenvalue weighted by Crippen LogP contribution is 2.44. The van der Waals surface area contributed by atoms with E-state index in [0.29, 0.717) is 17.0 Å². The van der Waals surface area contributed by atoms with E-state index in [1.54, 1.807) is 12.1 Å². The summed E-state index contributed by atoms with van der Waals surface area (Å²) in [5.74, 6) is -5.76. The molecule has 1 fully saturated rings. The number of aliphatic hydroxyl groups is 1. The highest BCUT2D eigenvalue weighted by Gasteiger charge is 2.60. The van der Waals surface area contributed by atoms with Crippen molar-refractivity contribution in [3.8, 4) is 0 Å². The van der Waals surface area contributed by atoms with Crippen LogP contribution in [0.2, 0.25) is 5.02 Å². The maximum absolute atomic E-state index is 13.8. The molecule has 8 heteroatoms. The van der Waals surface area contributed by atoms with Crippen LogP contribution in [0.15, 0.2) is 24.3 Å². The second kappa shape index (κ2) is 6.80. The lowest BCUT2D eigenvalue weighted by Gasteiger charge is -2.41. The summed E-state index contributed by atoms with van der Waals surface area (Å²) in [6.45, 7) is -0.175. The van der Waals surface area contributed by atoms with E-state index in [1.807, 2.05) is 5.32 Å². The van der Waals surface area contributed by atoms with E-state index in [4.69, 9.17) is 11.6 Å². The highest BCUT2D eigenvalue weighted by atomic mass is 35.5. The lowest BCUT2D eigenvalue weighted by atomic mass is 9.75. The van der Waals surface area contributed by atoms with Crippen LogP contribution in [0, 0.1) is 0 Å². The molecule has 2 rings (SSSR count). The molecule has 0 spiro atoms. The number of hydrogen-bond donors (Lipinski definition) is 3. The quantitative estimate of drug-likeness (QED) is 0.686. The van der Waals surface area contributed by atoms with Gasteiger partial charge in [0.1, 0.15) is 5.60 Å². The Morgan fingerprint density at radius 3 is 2.26 bits per heavy atom. The van der Waals surface area contributed by atoms with Crippen LogP contribution in [-0.4, -0.2) is 41.5 Å². The van der Waals surface area contributed by atoms with Crippen molar-refractivity contribution < 1.29 is 23.5 Å². The SMILES string of the molecule is O=C(NCCNC(=O)C(F)(F)C1(O)CCC1)c1ccc(Cl)cc1. The Bertz CT molecular complexity index is 589. The number of hydrogen-bond acceptors (Lipinski definition) is 3. The van der Waals surface area contributed by atoms with Crippen LogP contribution in [-0.2, 0) is 4.79 Å². The Morgan fingerprint density at radius 2 is 1.74 bits per heavy atom. The van der Waals surface area contributed by atoms with Crippen LogP contribution in [0.1, 0.15) is 29.6 Å². The fourth-order valence-corrected chi connectivity index (χ4v) is 2.33. The van der Waals surface area contributed by atoms with Crippen LogP contribution >= 0.6 is 11.6 Å². The molecule has 0 unspecified atom stereocenters. The van der Waals surface area contributed by atoms with Gasteiger partial charge in [-0.15, -0.1) is 0 Å². The number of benzene rings is 1. The van der Waals surface area contributed by atoms with Crippen molar-refractivity contribution in [2.75, 3.05) is 13.1 Å². The molecule has 2 amide bonds. The lowest BCUT2D eigenvalue weighted by molar-refractivity contribution is -0.215. The van der Waals surface area contributed by atoms with Gasteiger partial charge >= 0.3 is 5.92 Å². The van der Waals surface area contributed by atoms with Gasteiger partial charge in [-0.25, -0.2) is 0 Å². The first-order valence-corrected chi connectivity index (χ1v) is 7.56. The number of rotatable bonds is 6. The normalized spacial score (nSPS) is 16.3. The van der Waals surface area contributed by atoms with Gasteiger partial charge < -0.3 is 15.7 Å². The van der Waals surface area contributed by atoms with E-state index in [2.05, 4.69) is 5.32 Å². The summed E-state index contributed by atoms with van der Waals surface area (Å²) < 4.78 is 27.5. The molecule has 0 heterocycles. The Balaban J connectivity index is 1.75. The second-order valence-electron chi connectivity index (χ2n) is 5.48. The zero-order valence-corrected chi connectivity index (χ0v) is 13.0. The third-order valence-corrected chi connectivity index (χ3v) is 4.10. The van der Waals surface area contributed by atoms with Gasteiger partial charge in [-0.1, -0.05) is 11.6 Å². The zero-order valence-electron chi connectivity index (χ0n) is 12.2. The van der Waals surface area contributed by atoms with E-state index < -0.39 is 23.3 Å². The first kappa shape index (κ1) is 17.6. The van der Waals surface area contributed by atoms with E-state index in [-0.39, 0.29) is 25.9 Å². The molecular weight excluding hydrogens is 330 g/mol. The van der Waals surface area contributed by atoms with Crippen molar-refractivity contribution in [3.05, 3.63) is 34.9 Å². The number of alkyl halides is 2. The summed E-state index contributed by atoms with van der Waals surface area (Å²) >= 11 is 5.70. The van der Waals surface area contributed by atoms with Crippen molar-refractivity contribution in [2.24, 2.45) is 0 Å². The van der Waals surface area contributed by atoms with E-state index >= 15 is 0 Å². The summed E-state index contributed by atoms with van der Waals surface area (Å²) in [5.41, 5.74) is -1.88. The monoisotopic (exact) mass is 346 g/mol. The zero-order chi connectivity index (χ0) is 17.1. The molecule has 0 atom stereocenters. The maximum Gasteiger partial charge on any atom is 0.352 e. The fourth-order valence-electron chi connectivity index (χ4n) is 2.20. The molecule has 3 N–H and O–H groups in total. The molecule has 0 saturated heterocycles. The van der Waals surface area contributed by atoms with Crippen molar-refractivity contribution in [3.63, 3.8) is 0 Å². The molecule has 126 valence electrons. The molecule has 1 saturated carbocycles. The smallest absolute Gasteiger partial charge is 0.352 e. The summed E-state index contributed by atoms with van der Waals surface area (Å²) in [6, 6.07) is 6.16. The molecule has 0 aromatic heterocycles. The second-order valence-corrected chi connectivity index (χ2v) is 5.91. The summed E-state index contributed by atoms with van der Waals surface area (Å²) in [6.07, 6.45) is 0.276. The molecular formula is C15H17ClF2N2O3. The molecule has 1 aliphatic rings. The van der Waals surface area contributed by atoms with E-state index in [9.17, 15) is 23.5 Å². The number of amides is 2. The average Bonchev–Trinajstić information content (AvgIpc) is 2.49. The molecule has 1 aromatic rings. The Morgan fingerprint density at radius 1 is 1.17 bits per heavy atom. The lowest BCUT2D eigenvalue weighted by Crippen LogP contribution is -2.61. The minimum atomic E-state index is -3.83. The predicted molar refractivity (Wildman–Crippen MR) is 80.5 cm³/mol. The predicted octanol–water partition coefficient (Wildman–Crippen LogP) is 1.74. The van der Waals surface area contributed by atoms with Crippen LogP contribution in [0.4, 0.5) is 8.78 Å². The van der Waals surface area contributed by atoms with Crippen LogP contribution in [0.25, 0.3) is 0 Å². The van der Waals surface area contributed by atoms with Crippen molar-refractivity contribution in [2.45, 2.75) is 30.8 Å². The molecule has 0 aliphatic heterocycles. The van der Waals surface area contributed by atoms with Crippen molar-refractivity contribution in [1.29, 1.82) is 0 Å². The standard InChI is InChI=1S/C15H17ClF2N2O3/c16-11-4-2-10(3-5-11)12(21)19-8-9-20-13(22)15(17,18)14(23)6-1-7-14/h2-5,23H,1,6-9H2,(H,19,21)(H,20,22). The number of nitrogens with one attached hydrogen (secondary N) is 2. The first-order valence-electron chi connectivity index (χ1n) is 7.18. The Kier molecular flexibility index (Phi) is 5.21. The van der Waals surface area contributed by atoms with Gasteiger partial charge in [-0.2, -0.15) is 8.78 Å². The molecule has 1 aliphatic carbocycles. The van der Waals surface area contributed by atoms with Gasteiger partial charge in [0.05, 0.1) is 0 Å². The number of carbonyl (C=O) groups excluding carboxylic acids is 2. The first-order chi connectivity index (χ1) is 10.8. The van der Waals surface area contributed by atoms with Crippen LogP contribution in [0.3, 0.4) is 0 Å². The van der Waals surface area contributed by atoms with Gasteiger partial charge in [0, 0.05) is 23.7 Å². The van der Waals surface area contributed by atoms with Gasteiger partial charge in [0.2, 0.25) is 0 Å². The van der Waals surface area contributed by atoms with Crippen LogP contribution < -0.4 is 10.6 Å². The average molecular weight is 347 g/mol. The molecule has 5 nitrogen and oxygen atoms in total. The third kappa shape index (κ3) is 3.79. The van der Waals surface area contributed by atoms with Crippen molar-refractivity contribution >= 4 is 23.4 Å². The molecule has 1 aromatic carbocycles. The molecule has 0 radical (unpaired) electrons. The van der Waals surface area contributed by atoms with E-state index in [0.717, 1.165) is 0 Å². The van der Waals surface area contributed by atoms with Gasteiger partial charge in [-0.3, -0.25) is 9.59 Å². The highest BCUT2D eigenvalue weighted by molar-refractivity contribution is 6.30. The Labute approximate surface area is 137 Å². The number of carbonyl (C=O) groups is 2. The minimum absolute atomic E-state index is 0.0122. The van der Waals surface area contributed by atoms with Gasteiger partial charge in [0.25, 0.3) is 11.8 Å². The van der Waals surface area contributed by atoms with Crippen LogP contribution in [0.5, 0.6) is 0 Å². The summed E-state index contributed by atoms with van der Waals surface area (Å²) in [4.78, 5) is 23.3. The number of halogens is 3. The van der Waals surface area contributed by atoms with Gasteiger partial charge in [-0.05, 0) is 43.5 Å². The van der Waals surface area contributed by atoms with E-state index in [1.165, 1.54) is 12.1 Å². The summed E-state index contributed by atoms with van der Waals surface area (Å²) in [7, 11) is 0. The summed E-state index contributed by atoms with van der Waals surface area (Å²) in [5, 5.41) is 14.6. The third-order valence-electron chi connectivity index (χ3n) is 3.85. The maximum atomic E-state index is 13.8. The van der Waals surface area contributed by atoms with Crippen molar-refractivity contribution in [1.82, 2.24) is 10.6 Å². The fraction of sp³-hybridized carbons (Fsp3) is 0.467.